The standard InChI is InChI=1S/C27H26N4O3/c1-18(32)31-25-5-3-2-4-23(25)27(33)26(31)15-20-7-6-19-14-21(8-9-24(19)28-20)29-10-12-30(13-11-29)22-16-34-17-22/h2-9,14-15,22H,10-13,16-17H2,1H3/b26-15-. The molecule has 0 radical (unpaired) electrons. The van der Waals surface area contributed by atoms with Gasteiger partial charge in [-0.05, 0) is 42.5 Å². The average Bonchev–Trinajstić information content (AvgIpc) is 3.10. The maximum Gasteiger partial charge on any atom is 0.228 e. The van der Waals surface area contributed by atoms with Gasteiger partial charge in [-0.15, -0.1) is 0 Å². The summed E-state index contributed by atoms with van der Waals surface area (Å²) in [6.45, 7) is 7.31. The third kappa shape index (κ3) is 3.57. The van der Waals surface area contributed by atoms with Crippen molar-refractivity contribution in [3.63, 3.8) is 0 Å². The lowest BCUT2D eigenvalue weighted by atomic mass is 10.1. The number of carbonyl (C=O) groups is 2. The molecule has 3 aliphatic heterocycles. The van der Waals surface area contributed by atoms with Gasteiger partial charge in [0.25, 0.3) is 0 Å². The third-order valence-electron chi connectivity index (χ3n) is 6.97. The number of Topliss-reactive ketones (excluding diaryl/α,β-unsaturated/α-hetero) is 1. The topological polar surface area (TPSA) is 66.0 Å². The van der Waals surface area contributed by atoms with Gasteiger partial charge >= 0.3 is 0 Å². The number of carbonyl (C=O) groups excluding carboxylic acids is 2. The van der Waals surface area contributed by atoms with Gasteiger partial charge in [-0.3, -0.25) is 19.4 Å². The van der Waals surface area contributed by atoms with Gasteiger partial charge in [-0.1, -0.05) is 18.2 Å². The van der Waals surface area contributed by atoms with E-state index in [2.05, 4.69) is 21.9 Å². The van der Waals surface area contributed by atoms with Gasteiger partial charge in [0, 0.05) is 49.7 Å². The highest BCUT2D eigenvalue weighted by Gasteiger charge is 2.34. The summed E-state index contributed by atoms with van der Waals surface area (Å²) in [5, 5.41) is 1.05. The highest BCUT2D eigenvalue weighted by Crippen LogP contribution is 2.35. The molecule has 2 saturated heterocycles. The van der Waals surface area contributed by atoms with Gasteiger partial charge in [0.05, 0.1) is 41.9 Å². The summed E-state index contributed by atoms with van der Waals surface area (Å²) in [4.78, 5) is 36.5. The molecule has 1 amide bonds. The van der Waals surface area contributed by atoms with Crippen molar-refractivity contribution >= 4 is 40.0 Å². The highest BCUT2D eigenvalue weighted by atomic mass is 16.5. The zero-order chi connectivity index (χ0) is 23.2. The number of para-hydroxylation sites is 1. The predicted molar refractivity (Wildman–Crippen MR) is 132 cm³/mol. The summed E-state index contributed by atoms with van der Waals surface area (Å²) in [6, 6.07) is 18.1. The van der Waals surface area contributed by atoms with Crippen molar-refractivity contribution in [1.29, 1.82) is 0 Å². The molecule has 7 heteroatoms. The fourth-order valence-electron chi connectivity index (χ4n) is 5.02. The smallest absolute Gasteiger partial charge is 0.228 e. The molecule has 0 aliphatic carbocycles. The Morgan fingerprint density at radius 3 is 2.56 bits per heavy atom. The molecule has 0 bridgehead atoms. The monoisotopic (exact) mass is 454 g/mol. The Morgan fingerprint density at radius 2 is 1.82 bits per heavy atom. The number of hydrogen-bond donors (Lipinski definition) is 0. The van der Waals surface area contributed by atoms with Crippen molar-refractivity contribution in [2.45, 2.75) is 13.0 Å². The zero-order valence-electron chi connectivity index (χ0n) is 19.1. The number of anilines is 2. The number of fused-ring (bicyclic) bond motifs is 2. The Balaban J connectivity index is 1.25. The minimum absolute atomic E-state index is 0.157. The first kappa shape index (κ1) is 21.0. The van der Waals surface area contributed by atoms with Crippen LogP contribution in [0.2, 0.25) is 0 Å². The molecular weight excluding hydrogens is 428 g/mol. The van der Waals surface area contributed by atoms with Gasteiger partial charge in [0.15, 0.2) is 0 Å². The first-order valence-corrected chi connectivity index (χ1v) is 11.7. The SMILES string of the molecule is CC(=O)N1/C(=C\c2ccc3cc(N4CCN(C5COC5)CC4)ccc3n2)C(=O)c2ccccc21. The predicted octanol–water partition coefficient (Wildman–Crippen LogP) is 3.35. The molecule has 6 rings (SSSR count). The fraction of sp³-hybridized carbons (Fsp3) is 0.296. The summed E-state index contributed by atoms with van der Waals surface area (Å²) >= 11 is 0. The Morgan fingerprint density at radius 1 is 1.03 bits per heavy atom. The Bertz CT molecular complexity index is 1320. The van der Waals surface area contributed by atoms with E-state index in [1.54, 1.807) is 18.2 Å². The van der Waals surface area contributed by atoms with Crippen molar-refractivity contribution in [1.82, 2.24) is 9.88 Å². The molecule has 3 aliphatic rings. The number of piperazine rings is 1. The Hall–Kier alpha value is -3.55. The van der Waals surface area contributed by atoms with Gasteiger partial charge in [0.2, 0.25) is 11.7 Å². The largest absolute Gasteiger partial charge is 0.378 e. The van der Waals surface area contributed by atoms with Gasteiger partial charge in [-0.2, -0.15) is 0 Å². The number of benzene rings is 2. The van der Waals surface area contributed by atoms with Gasteiger partial charge in [-0.25, -0.2) is 4.98 Å². The lowest BCUT2D eigenvalue weighted by Gasteiger charge is -2.43. The molecule has 4 heterocycles. The van der Waals surface area contributed by atoms with Crippen LogP contribution in [0.15, 0.2) is 60.3 Å². The third-order valence-corrected chi connectivity index (χ3v) is 6.97. The van der Waals surface area contributed by atoms with Crippen LogP contribution in [-0.4, -0.2) is 67.0 Å². The van der Waals surface area contributed by atoms with Crippen LogP contribution in [0, 0.1) is 0 Å². The fourth-order valence-corrected chi connectivity index (χ4v) is 5.02. The maximum absolute atomic E-state index is 13.0. The summed E-state index contributed by atoms with van der Waals surface area (Å²) in [5.41, 5.74) is 4.22. The lowest BCUT2D eigenvalue weighted by molar-refractivity contribution is -0.116. The molecule has 34 heavy (non-hydrogen) atoms. The second-order valence-corrected chi connectivity index (χ2v) is 9.06. The van der Waals surface area contributed by atoms with Crippen LogP contribution < -0.4 is 9.80 Å². The summed E-state index contributed by atoms with van der Waals surface area (Å²) in [7, 11) is 0. The molecule has 0 atom stereocenters. The first-order valence-electron chi connectivity index (χ1n) is 11.7. The molecule has 0 N–H and O–H groups in total. The van der Waals surface area contributed by atoms with E-state index in [1.807, 2.05) is 30.3 Å². The number of ketones is 1. The Labute approximate surface area is 198 Å². The summed E-state index contributed by atoms with van der Waals surface area (Å²) < 4.78 is 5.33. The first-order chi connectivity index (χ1) is 16.6. The van der Waals surface area contributed by atoms with E-state index in [9.17, 15) is 9.59 Å². The van der Waals surface area contributed by atoms with Crippen LogP contribution in [0.1, 0.15) is 23.0 Å². The number of allylic oxidation sites excluding steroid dienone is 1. The van der Waals surface area contributed by atoms with Gasteiger partial charge in [0.1, 0.15) is 0 Å². The number of nitrogens with zero attached hydrogens (tertiary/aromatic N) is 4. The number of amides is 1. The molecule has 2 fully saturated rings. The van der Waals surface area contributed by atoms with Crippen LogP contribution in [0.25, 0.3) is 17.0 Å². The molecule has 0 saturated carbocycles. The maximum atomic E-state index is 13.0. The van der Waals surface area contributed by atoms with E-state index in [1.165, 1.54) is 17.5 Å². The van der Waals surface area contributed by atoms with E-state index >= 15 is 0 Å². The van der Waals surface area contributed by atoms with Crippen molar-refractivity contribution in [2.75, 3.05) is 49.2 Å². The molecule has 1 aromatic heterocycles. The quantitative estimate of drug-likeness (QED) is 0.566. The molecule has 0 unspecified atom stereocenters. The van der Waals surface area contributed by atoms with Crippen molar-refractivity contribution in [3.8, 4) is 0 Å². The summed E-state index contributed by atoms with van der Waals surface area (Å²) in [6.07, 6.45) is 1.71. The van der Waals surface area contributed by atoms with Crippen LogP contribution >= 0.6 is 0 Å². The molecular formula is C27H26N4O3. The molecule has 172 valence electrons. The number of ether oxygens (including phenoxy) is 1. The van der Waals surface area contributed by atoms with Crippen molar-refractivity contribution in [2.24, 2.45) is 0 Å². The lowest BCUT2D eigenvalue weighted by Crippen LogP contribution is -2.56. The van der Waals surface area contributed by atoms with Gasteiger partial charge < -0.3 is 9.64 Å². The molecule has 0 spiro atoms. The second kappa shape index (κ2) is 8.34. The number of pyridine rings is 1. The Kier molecular flexibility index (Phi) is 5.16. The number of hydrogen-bond acceptors (Lipinski definition) is 6. The van der Waals surface area contributed by atoms with E-state index in [0.29, 0.717) is 28.7 Å². The van der Waals surface area contributed by atoms with Crippen LogP contribution in [0.4, 0.5) is 11.4 Å². The molecule has 3 aromatic rings. The van der Waals surface area contributed by atoms with E-state index in [-0.39, 0.29) is 11.7 Å². The van der Waals surface area contributed by atoms with Crippen molar-refractivity contribution in [3.05, 3.63) is 71.6 Å². The minimum Gasteiger partial charge on any atom is -0.378 e. The van der Waals surface area contributed by atoms with E-state index < -0.39 is 0 Å². The summed E-state index contributed by atoms with van der Waals surface area (Å²) in [5.74, 6) is -0.351. The van der Waals surface area contributed by atoms with Crippen LogP contribution in [-0.2, 0) is 9.53 Å². The average molecular weight is 455 g/mol. The van der Waals surface area contributed by atoms with Crippen molar-refractivity contribution < 1.29 is 14.3 Å². The van der Waals surface area contributed by atoms with Crippen LogP contribution in [0.3, 0.4) is 0 Å². The second-order valence-electron chi connectivity index (χ2n) is 9.06. The minimum atomic E-state index is -0.195. The zero-order valence-corrected chi connectivity index (χ0v) is 19.1. The number of aromatic nitrogens is 1. The van der Waals surface area contributed by atoms with E-state index in [0.717, 1.165) is 50.3 Å². The van der Waals surface area contributed by atoms with Crippen LogP contribution in [0.5, 0.6) is 0 Å². The van der Waals surface area contributed by atoms with E-state index in [4.69, 9.17) is 9.72 Å². The number of rotatable bonds is 3. The highest BCUT2D eigenvalue weighted by molar-refractivity contribution is 6.26. The molecule has 7 nitrogen and oxygen atoms in total. The normalized spacial score (nSPS) is 20.1. The molecule has 2 aromatic carbocycles.